The quantitative estimate of drug-likeness (QED) is 0.0997. The standard InChI is InChI=1S/C37H49N3O3.BrH/c1-3-4-5-6-7-8-9-10-11-12-13-18-25-43-35-23-22-31(26-36(35)42-2)27-37(41)38-34-21-15-14-19-32(34)28-39-29-33-20-16-17-24-40(33)30-39;/h14-17,19-24,26,29-30H,3-13,18,25,27-28H2,1-2H3;1H. The molecule has 0 fully saturated rings. The average molecular weight is 665 g/mol. The third-order valence-electron chi connectivity index (χ3n) is 7.99. The van der Waals surface area contributed by atoms with E-state index in [4.69, 9.17) is 9.47 Å². The minimum absolute atomic E-state index is 0. The first kappa shape index (κ1) is 35.2. The number of halogens is 1. The van der Waals surface area contributed by atoms with Crippen molar-refractivity contribution in [1.82, 2.24) is 4.40 Å². The third kappa shape index (κ3) is 11.6. The van der Waals surface area contributed by atoms with Gasteiger partial charge in [0.05, 0.1) is 26.3 Å². The van der Waals surface area contributed by atoms with Crippen LogP contribution in [-0.2, 0) is 17.8 Å². The topological polar surface area (TPSA) is 55.9 Å². The number of amides is 1. The molecule has 7 heteroatoms. The first-order valence-electron chi connectivity index (χ1n) is 16.3. The first-order chi connectivity index (χ1) is 21.2. The Morgan fingerprint density at radius 1 is 0.818 bits per heavy atom. The van der Waals surface area contributed by atoms with E-state index in [-0.39, 0.29) is 29.3 Å². The van der Waals surface area contributed by atoms with Crippen molar-refractivity contribution in [2.24, 2.45) is 0 Å². The highest BCUT2D eigenvalue weighted by Gasteiger charge is 2.13. The minimum Gasteiger partial charge on any atom is -1.00 e. The molecule has 4 rings (SSSR count). The van der Waals surface area contributed by atoms with E-state index in [9.17, 15) is 4.79 Å². The van der Waals surface area contributed by atoms with Gasteiger partial charge in [-0.1, -0.05) is 108 Å². The van der Waals surface area contributed by atoms with Crippen molar-refractivity contribution in [3.05, 3.63) is 90.5 Å². The molecule has 6 nitrogen and oxygen atoms in total. The lowest BCUT2D eigenvalue weighted by Crippen LogP contribution is -3.00. The predicted molar refractivity (Wildman–Crippen MR) is 175 cm³/mol. The lowest BCUT2D eigenvalue weighted by Gasteiger charge is -2.13. The summed E-state index contributed by atoms with van der Waals surface area (Å²) in [5.41, 5.74) is 3.89. The van der Waals surface area contributed by atoms with Crippen LogP contribution in [0.4, 0.5) is 5.69 Å². The Balaban J connectivity index is 0.00000529. The molecule has 0 aliphatic rings. The van der Waals surface area contributed by atoms with E-state index in [1.807, 2.05) is 54.7 Å². The molecular formula is C37H50BrN3O3. The van der Waals surface area contributed by atoms with Crippen LogP contribution in [-0.4, -0.2) is 24.0 Å². The van der Waals surface area contributed by atoms with E-state index in [2.05, 4.69) is 45.9 Å². The van der Waals surface area contributed by atoms with E-state index in [0.717, 1.165) is 34.5 Å². The van der Waals surface area contributed by atoms with Crippen molar-refractivity contribution in [1.29, 1.82) is 0 Å². The number of ether oxygens (including phenoxy) is 2. The number of nitrogens with one attached hydrogen (secondary N) is 1. The van der Waals surface area contributed by atoms with E-state index >= 15 is 0 Å². The van der Waals surface area contributed by atoms with Crippen molar-refractivity contribution in [2.75, 3.05) is 19.0 Å². The molecule has 44 heavy (non-hydrogen) atoms. The zero-order valence-corrected chi connectivity index (χ0v) is 28.2. The zero-order valence-electron chi connectivity index (χ0n) is 26.6. The fourth-order valence-electron chi connectivity index (χ4n) is 5.56. The fraction of sp³-hybridized carbons (Fsp3) is 0.459. The summed E-state index contributed by atoms with van der Waals surface area (Å²) >= 11 is 0. The number of methoxy groups -OCH3 is 1. The van der Waals surface area contributed by atoms with E-state index < -0.39 is 0 Å². The Kier molecular flexibility index (Phi) is 15.9. The lowest BCUT2D eigenvalue weighted by atomic mass is 10.1. The largest absolute Gasteiger partial charge is 1.00 e. The molecule has 2 aromatic heterocycles. The Bertz CT molecular complexity index is 1370. The van der Waals surface area contributed by atoms with Gasteiger partial charge in [-0.15, -0.1) is 0 Å². The lowest BCUT2D eigenvalue weighted by molar-refractivity contribution is -0.686. The van der Waals surface area contributed by atoms with Crippen molar-refractivity contribution >= 4 is 17.1 Å². The highest BCUT2D eigenvalue weighted by molar-refractivity contribution is 5.93. The second-order valence-electron chi connectivity index (χ2n) is 11.6. The van der Waals surface area contributed by atoms with Crippen LogP contribution in [0.1, 0.15) is 95.1 Å². The first-order valence-corrected chi connectivity index (χ1v) is 16.3. The number of hydrogen-bond acceptors (Lipinski definition) is 3. The number of carbonyl (C=O) groups is 1. The highest BCUT2D eigenvalue weighted by Crippen LogP contribution is 2.29. The number of nitrogens with zero attached hydrogens (tertiary/aromatic N) is 2. The average Bonchev–Trinajstić information content (AvgIpc) is 3.43. The second-order valence-corrected chi connectivity index (χ2v) is 11.6. The normalized spacial score (nSPS) is 10.9. The highest BCUT2D eigenvalue weighted by atomic mass is 79.9. The van der Waals surface area contributed by atoms with Gasteiger partial charge < -0.3 is 31.8 Å². The van der Waals surface area contributed by atoms with Crippen LogP contribution < -0.4 is 36.3 Å². The van der Waals surface area contributed by atoms with Gasteiger partial charge in [-0.3, -0.25) is 4.79 Å². The zero-order chi connectivity index (χ0) is 30.1. The van der Waals surface area contributed by atoms with Crippen molar-refractivity contribution in [2.45, 2.75) is 96.9 Å². The molecule has 1 N–H and O–H groups in total. The molecule has 238 valence electrons. The van der Waals surface area contributed by atoms with Gasteiger partial charge >= 0.3 is 0 Å². The van der Waals surface area contributed by atoms with Gasteiger partial charge in [-0.25, -0.2) is 8.97 Å². The number of carbonyl (C=O) groups excluding carboxylic acids is 1. The second kappa shape index (κ2) is 19.9. The van der Waals surface area contributed by atoms with Gasteiger partial charge in [0.25, 0.3) is 0 Å². The van der Waals surface area contributed by atoms with Crippen LogP contribution in [0.5, 0.6) is 11.5 Å². The molecular weight excluding hydrogens is 614 g/mol. The minimum atomic E-state index is -0.0632. The van der Waals surface area contributed by atoms with Crippen molar-refractivity contribution in [3.63, 3.8) is 0 Å². The molecule has 0 unspecified atom stereocenters. The predicted octanol–water partition coefficient (Wildman–Crippen LogP) is 5.55. The van der Waals surface area contributed by atoms with E-state index in [1.165, 1.54) is 70.6 Å². The number of pyridine rings is 1. The number of unbranched alkanes of at least 4 members (excludes halogenated alkanes) is 11. The molecule has 2 aromatic carbocycles. The fourth-order valence-corrected chi connectivity index (χ4v) is 5.56. The van der Waals surface area contributed by atoms with Crippen LogP contribution >= 0.6 is 0 Å². The molecule has 0 aliphatic heterocycles. The molecule has 2 heterocycles. The molecule has 0 saturated heterocycles. The summed E-state index contributed by atoms with van der Waals surface area (Å²) in [5.74, 6) is 1.34. The Morgan fingerprint density at radius 3 is 2.20 bits per heavy atom. The maximum Gasteiger partial charge on any atom is 0.249 e. The number of para-hydroxylation sites is 1. The molecule has 0 spiro atoms. The summed E-state index contributed by atoms with van der Waals surface area (Å²) in [4.78, 5) is 13.0. The van der Waals surface area contributed by atoms with Crippen LogP contribution in [0.15, 0.2) is 79.4 Å². The summed E-state index contributed by atoms with van der Waals surface area (Å²) in [6, 6.07) is 19.9. The summed E-state index contributed by atoms with van der Waals surface area (Å²) < 4.78 is 15.8. The molecule has 0 bridgehead atoms. The molecule has 0 saturated carbocycles. The molecule has 0 aliphatic carbocycles. The van der Waals surface area contributed by atoms with Crippen LogP contribution in [0.25, 0.3) is 5.52 Å². The van der Waals surface area contributed by atoms with Gasteiger partial charge in [-0.2, -0.15) is 0 Å². The number of fused-ring (bicyclic) bond motifs is 1. The van der Waals surface area contributed by atoms with Gasteiger partial charge in [0, 0.05) is 11.3 Å². The molecule has 4 aromatic rings. The summed E-state index contributed by atoms with van der Waals surface area (Å²) in [7, 11) is 1.65. The summed E-state index contributed by atoms with van der Waals surface area (Å²) in [6.45, 7) is 3.62. The Morgan fingerprint density at radius 2 is 1.50 bits per heavy atom. The number of imidazole rings is 1. The monoisotopic (exact) mass is 663 g/mol. The third-order valence-corrected chi connectivity index (χ3v) is 7.99. The van der Waals surface area contributed by atoms with Gasteiger partial charge in [0.2, 0.25) is 12.2 Å². The van der Waals surface area contributed by atoms with Crippen LogP contribution in [0.2, 0.25) is 0 Å². The van der Waals surface area contributed by atoms with Crippen LogP contribution in [0, 0.1) is 0 Å². The number of anilines is 1. The number of hydrogen-bond donors (Lipinski definition) is 1. The number of benzene rings is 2. The van der Waals surface area contributed by atoms with E-state index in [1.54, 1.807) is 7.11 Å². The Labute approximate surface area is 274 Å². The maximum atomic E-state index is 13.0. The summed E-state index contributed by atoms with van der Waals surface area (Å²) in [5, 5.41) is 3.11. The Hall–Kier alpha value is -3.32. The van der Waals surface area contributed by atoms with Crippen molar-refractivity contribution in [3.8, 4) is 11.5 Å². The molecule has 0 atom stereocenters. The van der Waals surface area contributed by atoms with Crippen molar-refractivity contribution < 1.29 is 35.8 Å². The molecule has 0 radical (unpaired) electrons. The number of rotatable bonds is 20. The smallest absolute Gasteiger partial charge is 0.249 e. The molecule has 1 amide bonds. The number of aromatic nitrogens is 2. The van der Waals surface area contributed by atoms with Crippen LogP contribution in [0.3, 0.4) is 0 Å². The SMILES string of the molecule is CCCCCCCCCCCCCCOc1ccc(CC(=O)Nc2ccccc2C[n+]2cc3ccccn3c2)cc1OC.[Br-]. The van der Waals surface area contributed by atoms with Gasteiger partial charge in [-0.05, 0) is 42.3 Å². The van der Waals surface area contributed by atoms with Gasteiger partial charge in [0.15, 0.2) is 17.0 Å². The summed E-state index contributed by atoms with van der Waals surface area (Å²) in [6.07, 6.45) is 22.3. The maximum absolute atomic E-state index is 13.0. The van der Waals surface area contributed by atoms with Gasteiger partial charge in [0.1, 0.15) is 12.7 Å². The van der Waals surface area contributed by atoms with E-state index in [0.29, 0.717) is 18.9 Å².